The van der Waals surface area contributed by atoms with Crippen molar-refractivity contribution >= 4 is 40.1 Å². The van der Waals surface area contributed by atoms with Crippen LogP contribution in [0.5, 0.6) is 5.75 Å². The molecule has 38 heavy (non-hydrogen) atoms. The molecule has 1 saturated heterocycles. The predicted molar refractivity (Wildman–Crippen MR) is 158 cm³/mol. The van der Waals surface area contributed by atoms with E-state index in [9.17, 15) is 4.79 Å². The molecule has 7 nitrogen and oxygen atoms in total. The first kappa shape index (κ1) is 26.1. The number of aryl methyl sites for hydroxylation is 1. The quantitative estimate of drug-likeness (QED) is 0.280. The molecule has 0 atom stereocenters. The Bertz CT molecular complexity index is 1420. The molecule has 2 heterocycles. The Kier molecular flexibility index (Phi) is 7.63. The molecular formula is C30H35N5O2S. The molecule has 1 aliphatic rings. The SMILES string of the molecule is Cc1ccc(-n2nc(C(C)(C)C)cc2NC(=O)Nc2ccc(OCCN3CCSC3)c3ccccc23)cc1. The summed E-state index contributed by atoms with van der Waals surface area (Å²) in [6.45, 7) is 11.0. The summed E-state index contributed by atoms with van der Waals surface area (Å²) in [7, 11) is 0. The largest absolute Gasteiger partial charge is 0.492 e. The van der Waals surface area contributed by atoms with Gasteiger partial charge in [-0.1, -0.05) is 62.7 Å². The predicted octanol–water partition coefficient (Wildman–Crippen LogP) is 6.66. The van der Waals surface area contributed by atoms with Gasteiger partial charge < -0.3 is 10.1 Å². The molecule has 0 spiro atoms. The minimum Gasteiger partial charge on any atom is -0.492 e. The van der Waals surface area contributed by atoms with E-state index in [0.29, 0.717) is 12.4 Å². The molecule has 1 fully saturated rings. The Morgan fingerprint density at radius 2 is 1.79 bits per heavy atom. The van der Waals surface area contributed by atoms with Crippen molar-refractivity contribution in [1.82, 2.24) is 14.7 Å². The van der Waals surface area contributed by atoms with Crippen LogP contribution >= 0.6 is 11.8 Å². The Hall–Kier alpha value is -3.49. The maximum absolute atomic E-state index is 13.2. The maximum atomic E-state index is 13.2. The summed E-state index contributed by atoms with van der Waals surface area (Å²) in [5.41, 5.74) is 3.51. The van der Waals surface area contributed by atoms with Gasteiger partial charge in [0, 0.05) is 47.0 Å². The number of hydrogen-bond acceptors (Lipinski definition) is 5. The number of nitrogens with zero attached hydrogens (tertiary/aromatic N) is 3. The summed E-state index contributed by atoms with van der Waals surface area (Å²) in [5, 5.41) is 12.8. The highest BCUT2D eigenvalue weighted by molar-refractivity contribution is 7.99. The first-order valence-corrected chi connectivity index (χ1v) is 14.1. The lowest BCUT2D eigenvalue weighted by Crippen LogP contribution is -2.25. The number of urea groups is 1. The highest BCUT2D eigenvalue weighted by Crippen LogP contribution is 2.32. The van der Waals surface area contributed by atoms with E-state index >= 15 is 0 Å². The van der Waals surface area contributed by atoms with Gasteiger partial charge in [-0.3, -0.25) is 10.2 Å². The fraction of sp³-hybridized carbons (Fsp3) is 0.333. The Labute approximate surface area is 228 Å². The van der Waals surface area contributed by atoms with Gasteiger partial charge >= 0.3 is 6.03 Å². The van der Waals surface area contributed by atoms with Gasteiger partial charge in [-0.25, -0.2) is 9.48 Å². The molecule has 0 bridgehead atoms. The second-order valence-corrected chi connectivity index (χ2v) is 11.7. The van der Waals surface area contributed by atoms with Gasteiger partial charge in [0.2, 0.25) is 0 Å². The number of fused-ring (bicyclic) bond motifs is 1. The van der Waals surface area contributed by atoms with Crippen LogP contribution in [0.2, 0.25) is 0 Å². The van der Waals surface area contributed by atoms with E-state index in [2.05, 4.69) is 36.3 Å². The minimum atomic E-state index is -0.330. The highest BCUT2D eigenvalue weighted by Gasteiger charge is 2.22. The van der Waals surface area contributed by atoms with Gasteiger partial charge in [-0.05, 0) is 31.2 Å². The molecule has 0 aliphatic carbocycles. The standard InChI is InChI=1S/C30H35N5O2S/c1-21-9-11-22(12-10-21)35-28(19-27(33-35)30(2,3)4)32-29(36)31-25-13-14-26(24-8-6-5-7-23(24)25)37-17-15-34-16-18-38-20-34/h5-14,19H,15-18,20H2,1-4H3,(H2,31,32,36). The second-order valence-electron chi connectivity index (χ2n) is 10.7. The molecule has 8 heteroatoms. The molecule has 0 radical (unpaired) electrons. The Morgan fingerprint density at radius 1 is 1.03 bits per heavy atom. The molecule has 4 aromatic rings. The lowest BCUT2D eigenvalue weighted by molar-refractivity contribution is 0.246. The van der Waals surface area contributed by atoms with Crippen LogP contribution in [0.25, 0.3) is 16.5 Å². The van der Waals surface area contributed by atoms with Gasteiger partial charge in [0.05, 0.1) is 17.1 Å². The van der Waals surface area contributed by atoms with Crippen LogP contribution < -0.4 is 15.4 Å². The van der Waals surface area contributed by atoms with Crippen LogP contribution in [0, 0.1) is 6.92 Å². The lowest BCUT2D eigenvalue weighted by atomic mass is 9.92. The summed E-state index contributed by atoms with van der Waals surface area (Å²) < 4.78 is 7.94. The van der Waals surface area contributed by atoms with Crippen molar-refractivity contribution in [3.8, 4) is 11.4 Å². The number of benzene rings is 3. The number of nitrogens with one attached hydrogen (secondary N) is 2. The van der Waals surface area contributed by atoms with Crippen molar-refractivity contribution in [2.75, 3.05) is 42.0 Å². The van der Waals surface area contributed by atoms with Crippen LogP contribution in [-0.4, -0.2) is 52.0 Å². The molecule has 0 unspecified atom stereocenters. The van der Waals surface area contributed by atoms with Gasteiger partial charge in [-0.2, -0.15) is 5.10 Å². The summed E-state index contributed by atoms with van der Waals surface area (Å²) >= 11 is 1.96. The first-order valence-electron chi connectivity index (χ1n) is 13.0. The topological polar surface area (TPSA) is 71.4 Å². The monoisotopic (exact) mass is 529 g/mol. The second kappa shape index (κ2) is 11.1. The number of hydrogen-bond donors (Lipinski definition) is 2. The van der Waals surface area contributed by atoms with E-state index in [1.807, 2.05) is 85.4 Å². The molecule has 5 rings (SSSR count). The van der Waals surface area contributed by atoms with E-state index in [4.69, 9.17) is 9.84 Å². The Balaban J connectivity index is 1.35. The molecular weight excluding hydrogens is 494 g/mol. The number of anilines is 2. The van der Waals surface area contributed by atoms with Crippen molar-refractivity contribution in [3.05, 3.63) is 78.0 Å². The van der Waals surface area contributed by atoms with Crippen molar-refractivity contribution < 1.29 is 9.53 Å². The Morgan fingerprint density at radius 3 is 2.50 bits per heavy atom. The van der Waals surface area contributed by atoms with E-state index in [1.165, 1.54) is 11.3 Å². The summed E-state index contributed by atoms with van der Waals surface area (Å²) in [6, 6.07) is 21.5. The van der Waals surface area contributed by atoms with E-state index in [-0.39, 0.29) is 11.4 Å². The number of rotatable bonds is 7. The van der Waals surface area contributed by atoms with Crippen molar-refractivity contribution in [3.63, 3.8) is 0 Å². The highest BCUT2D eigenvalue weighted by atomic mass is 32.2. The molecule has 2 amide bonds. The van der Waals surface area contributed by atoms with Crippen molar-refractivity contribution in [2.45, 2.75) is 33.1 Å². The van der Waals surface area contributed by atoms with Crippen molar-refractivity contribution in [1.29, 1.82) is 0 Å². The summed E-state index contributed by atoms with van der Waals surface area (Å²) in [6.07, 6.45) is 0. The molecule has 1 aromatic heterocycles. The van der Waals surface area contributed by atoms with E-state index in [1.54, 1.807) is 4.68 Å². The number of aromatic nitrogens is 2. The third-order valence-electron chi connectivity index (χ3n) is 6.62. The molecule has 1 aliphatic heterocycles. The van der Waals surface area contributed by atoms with Gasteiger partial charge in [-0.15, -0.1) is 11.8 Å². The van der Waals surface area contributed by atoms with Gasteiger partial charge in [0.15, 0.2) is 0 Å². The molecule has 0 saturated carbocycles. The third-order valence-corrected chi connectivity index (χ3v) is 7.64. The van der Waals surface area contributed by atoms with Crippen LogP contribution in [0.4, 0.5) is 16.3 Å². The summed E-state index contributed by atoms with van der Waals surface area (Å²) in [4.78, 5) is 15.6. The zero-order valence-corrected chi connectivity index (χ0v) is 23.3. The number of ether oxygens (including phenoxy) is 1. The van der Waals surface area contributed by atoms with E-state index in [0.717, 1.165) is 52.6 Å². The number of amides is 2. The first-order chi connectivity index (χ1) is 18.3. The third kappa shape index (κ3) is 5.97. The maximum Gasteiger partial charge on any atom is 0.324 e. The van der Waals surface area contributed by atoms with Crippen molar-refractivity contribution in [2.24, 2.45) is 0 Å². The average Bonchev–Trinajstić information content (AvgIpc) is 3.56. The molecule has 3 aromatic carbocycles. The molecule has 2 N–H and O–H groups in total. The fourth-order valence-electron chi connectivity index (χ4n) is 4.41. The lowest BCUT2D eigenvalue weighted by Gasteiger charge is -2.17. The number of thioether (sulfide) groups is 1. The van der Waals surface area contributed by atoms with Gasteiger partial charge in [0.25, 0.3) is 0 Å². The van der Waals surface area contributed by atoms with Crippen LogP contribution in [0.15, 0.2) is 66.7 Å². The average molecular weight is 530 g/mol. The zero-order valence-electron chi connectivity index (χ0n) is 22.5. The van der Waals surface area contributed by atoms with Crippen LogP contribution in [-0.2, 0) is 5.41 Å². The number of carbonyl (C=O) groups is 1. The fourth-order valence-corrected chi connectivity index (χ4v) is 5.44. The van der Waals surface area contributed by atoms with Crippen LogP contribution in [0.3, 0.4) is 0 Å². The normalized spacial score (nSPS) is 14.1. The molecule has 198 valence electrons. The van der Waals surface area contributed by atoms with E-state index < -0.39 is 0 Å². The smallest absolute Gasteiger partial charge is 0.324 e. The minimum absolute atomic E-state index is 0.164. The summed E-state index contributed by atoms with van der Waals surface area (Å²) in [5.74, 6) is 3.70. The van der Waals surface area contributed by atoms with Gasteiger partial charge in [0.1, 0.15) is 18.2 Å². The number of carbonyl (C=O) groups excluding carboxylic acids is 1. The zero-order chi connectivity index (χ0) is 26.7. The van der Waals surface area contributed by atoms with Crippen LogP contribution in [0.1, 0.15) is 32.0 Å².